The molecule has 4 aliphatic rings. The predicted molar refractivity (Wildman–Crippen MR) is 237 cm³/mol. The van der Waals surface area contributed by atoms with Crippen molar-refractivity contribution in [2.45, 2.75) is 30.1 Å². The van der Waals surface area contributed by atoms with Crippen LogP contribution in [0.2, 0.25) is 0 Å². The summed E-state index contributed by atoms with van der Waals surface area (Å²) in [4.78, 5) is 9.84. The largest absolute Gasteiger partial charge is 0.457 e. The molecule has 59 heavy (non-hydrogen) atoms. The lowest BCUT2D eigenvalue weighted by atomic mass is 9.51. The van der Waals surface area contributed by atoms with Gasteiger partial charge in [-0.25, -0.2) is 0 Å². The van der Waals surface area contributed by atoms with Gasteiger partial charge in [0.05, 0.1) is 16.5 Å². The van der Waals surface area contributed by atoms with Gasteiger partial charge in [-0.2, -0.15) is 0 Å². The van der Waals surface area contributed by atoms with Crippen LogP contribution in [0.4, 0.5) is 0 Å². The quantitative estimate of drug-likeness (QED) is 0.179. The second-order valence-corrected chi connectivity index (χ2v) is 16.2. The zero-order chi connectivity index (χ0) is 39.1. The SMILES string of the molecule is CCC1C(c2ccccn2)=CC(c2ccc3c(c2)C2(c4ccccc4-3)c3ccccc3C3(c4ccccc4Oc4ccccc43)c3ccccc32)=CC1c1ccccn1. The summed E-state index contributed by atoms with van der Waals surface area (Å²) in [7, 11) is 0. The van der Waals surface area contributed by atoms with Crippen LogP contribution in [0.15, 0.2) is 200 Å². The molecule has 280 valence electrons. The van der Waals surface area contributed by atoms with E-state index in [1.54, 1.807) is 0 Å². The van der Waals surface area contributed by atoms with Crippen LogP contribution in [0.1, 0.15) is 80.7 Å². The fraction of sp³-hybridized carbons (Fsp3) is 0.107. The van der Waals surface area contributed by atoms with Gasteiger partial charge in [0.25, 0.3) is 0 Å². The zero-order valence-corrected chi connectivity index (χ0v) is 32.7. The molecule has 0 bridgehead atoms. The van der Waals surface area contributed by atoms with Crippen molar-refractivity contribution in [2.75, 3.05) is 0 Å². The molecule has 3 nitrogen and oxygen atoms in total. The van der Waals surface area contributed by atoms with E-state index in [4.69, 9.17) is 14.7 Å². The van der Waals surface area contributed by atoms with Gasteiger partial charge < -0.3 is 4.74 Å². The van der Waals surface area contributed by atoms with Crippen molar-refractivity contribution < 1.29 is 4.74 Å². The van der Waals surface area contributed by atoms with Crippen molar-refractivity contribution >= 4 is 11.1 Å². The third-order valence-corrected chi connectivity index (χ3v) is 13.6. The Morgan fingerprint density at radius 2 is 1.02 bits per heavy atom. The van der Waals surface area contributed by atoms with Crippen molar-refractivity contribution in [3.05, 3.63) is 262 Å². The molecule has 3 heteroatoms. The lowest BCUT2D eigenvalue weighted by Gasteiger charge is -2.51. The number of allylic oxidation sites excluding steroid dienone is 4. The van der Waals surface area contributed by atoms with Crippen LogP contribution in [0.3, 0.4) is 0 Å². The van der Waals surface area contributed by atoms with Gasteiger partial charge in [-0.3, -0.25) is 9.97 Å². The number of rotatable bonds is 4. The minimum absolute atomic E-state index is 0.0993. The van der Waals surface area contributed by atoms with Crippen molar-refractivity contribution in [1.82, 2.24) is 9.97 Å². The molecule has 6 aromatic carbocycles. The predicted octanol–water partition coefficient (Wildman–Crippen LogP) is 12.9. The third-order valence-electron chi connectivity index (χ3n) is 13.6. The normalized spacial score (nSPS) is 18.3. The Morgan fingerprint density at radius 1 is 0.492 bits per heavy atom. The summed E-state index contributed by atoms with van der Waals surface area (Å²) in [6.45, 7) is 2.28. The molecule has 0 saturated heterocycles. The van der Waals surface area contributed by atoms with Crippen molar-refractivity contribution in [3.63, 3.8) is 0 Å². The lowest BCUT2D eigenvalue weighted by Crippen LogP contribution is -2.45. The first-order valence-corrected chi connectivity index (χ1v) is 20.8. The minimum atomic E-state index is -0.601. The van der Waals surface area contributed by atoms with Gasteiger partial charge in [-0.1, -0.05) is 146 Å². The summed E-state index contributed by atoms with van der Waals surface area (Å²) in [6, 6.07) is 64.6. The summed E-state index contributed by atoms with van der Waals surface area (Å²) < 4.78 is 6.72. The average Bonchev–Trinajstić information content (AvgIpc) is 3.60. The Kier molecular flexibility index (Phi) is 7.46. The molecule has 3 heterocycles. The molecule has 12 rings (SSSR count). The van der Waals surface area contributed by atoms with E-state index in [1.165, 1.54) is 72.3 Å². The Bertz CT molecular complexity index is 2940. The molecular weight excluding hydrogens is 717 g/mol. The maximum atomic E-state index is 6.72. The van der Waals surface area contributed by atoms with Gasteiger partial charge in [0, 0.05) is 35.1 Å². The van der Waals surface area contributed by atoms with Crippen LogP contribution < -0.4 is 4.74 Å². The van der Waals surface area contributed by atoms with Crippen LogP contribution >= 0.6 is 0 Å². The summed E-state index contributed by atoms with van der Waals surface area (Å²) >= 11 is 0. The monoisotopic (exact) mass is 756 g/mol. The van der Waals surface area contributed by atoms with Gasteiger partial charge in [0.2, 0.25) is 0 Å². The molecule has 0 N–H and O–H groups in total. The maximum absolute atomic E-state index is 6.72. The average molecular weight is 757 g/mol. The number of aromatic nitrogens is 2. The molecule has 2 unspecified atom stereocenters. The van der Waals surface area contributed by atoms with Crippen LogP contribution in [-0.2, 0) is 10.8 Å². The number of pyridine rings is 2. The third kappa shape index (κ3) is 4.59. The molecule has 0 saturated carbocycles. The summed E-state index contributed by atoms with van der Waals surface area (Å²) in [5.41, 5.74) is 17.2. The Balaban J connectivity index is 1.16. The maximum Gasteiger partial charge on any atom is 0.132 e. The number of fused-ring (bicyclic) bond motifs is 15. The van der Waals surface area contributed by atoms with E-state index < -0.39 is 10.8 Å². The molecule has 0 amide bonds. The molecular formula is C56H40N2O. The topological polar surface area (TPSA) is 35.0 Å². The number of benzene rings is 6. The van der Waals surface area contributed by atoms with Crippen LogP contribution in [0, 0.1) is 5.92 Å². The fourth-order valence-electron chi connectivity index (χ4n) is 11.3. The number of ether oxygens (including phenoxy) is 1. The highest BCUT2D eigenvalue weighted by molar-refractivity contribution is 5.93. The molecule has 8 aromatic rings. The van der Waals surface area contributed by atoms with Gasteiger partial charge in [0.1, 0.15) is 11.5 Å². The standard InChI is InChI=1S/C56H40N2O/c1-2-38-41(51-25-13-15-31-57-51)33-37(34-42(38)52-26-14-16-32-58-52)36-29-30-40-39-17-3-4-18-43(39)55(50(40)35-36)44-19-5-7-21-46(44)56(47-22-8-6-20-45(47)55)48-23-9-11-27-53(48)59-54-28-12-10-24-49(54)56/h3-35,38,41H,2H2,1H3. The number of nitrogens with zero attached hydrogens (tertiary/aromatic N) is 2. The molecule has 3 aliphatic carbocycles. The number of para-hydroxylation sites is 2. The molecule has 1 aliphatic heterocycles. The summed E-state index contributed by atoms with van der Waals surface area (Å²) in [6.07, 6.45) is 9.67. The van der Waals surface area contributed by atoms with E-state index in [0.717, 1.165) is 29.3 Å². The van der Waals surface area contributed by atoms with E-state index in [0.29, 0.717) is 0 Å². The number of hydrogen-bond donors (Lipinski definition) is 0. The van der Waals surface area contributed by atoms with E-state index >= 15 is 0 Å². The Morgan fingerprint density at radius 3 is 1.61 bits per heavy atom. The van der Waals surface area contributed by atoms with Crippen LogP contribution in [0.25, 0.3) is 22.3 Å². The zero-order valence-electron chi connectivity index (χ0n) is 32.7. The Hall–Kier alpha value is -7.10. The van der Waals surface area contributed by atoms with Crippen LogP contribution in [0.5, 0.6) is 11.5 Å². The van der Waals surface area contributed by atoms with E-state index in [2.05, 4.69) is 183 Å². The van der Waals surface area contributed by atoms with Crippen molar-refractivity contribution in [3.8, 4) is 22.6 Å². The highest BCUT2D eigenvalue weighted by Gasteiger charge is 2.58. The Labute approximate surface area is 345 Å². The van der Waals surface area contributed by atoms with Crippen LogP contribution in [-0.4, -0.2) is 9.97 Å². The first-order valence-electron chi connectivity index (χ1n) is 20.8. The first-order chi connectivity index (χ1) is 29.2. The summed E-state index contributed by atoms with van der Waals surface area (Å²) in [5, 5.41) is 0. The highest BCUT2D eigenvalue weighted by atomic mass is 16.5. The first kappa shape index (κ1) is 34.0. The summed E-state index contributed by atoms with van der Waals surface area (Å²) in [5.74, 6) is 2.14. The van der Waals surface area contributed by atoms with E-state index in [1.807, 2.05) is 24.5 Å². The van der Waals surface area contributed by atoms with Gasteiger partial charge in [-0.05, 0) is 122 Å². The van der Waals surface area contributed by atoms with E-state index in [9.17, 15) is 0 Å². The minimum Gasteiger partial charge on any atom is -0.457 e. The number of hydrogen-bond acceptors (Lipinski definition) is 3. The van der Waals surface area contributed by atoms with Crippen molar-refractivity contribution in [1.29, 1.82) is 0 Å². The fourth-order valence-corrected chi connectivity index (χ4v) is 11.3. The smallest absolute Gasteiger partial charge is 0.132 e. The molecule has 2 atom stereocenters. The molecule has 0 radical (unpaired) electrons. The highest BCUT2D eigenvalue weighted by Crippen LogP contribution is 2.67. The lowest BCUT2D eigenvalue weighted by molar-refractivity contribution is 0.429. The second kappa shape index (κ2) is 13.0. The second-order valence-electron chi connectivity index (χ2n) is 16.2. The van der Waals surface area contributed by atoms with E-state index in [-0.39, 0.29) is 11.8 Å². The molecule has 0 fully saturated rings. The molecule has 2 spiro atoms. The van der Waals surface area contributed by atoms with Gasteiger partial charge >= 0.3 is 0 Å². The van der Waals surface area contributed by atoms with Crippen molar-refractivity contribution in [2.24, 2.45) is 5.92 Å². The van der Waals surface area contributed by atoms with Gasteiger partial charge in [-0.15, -0.1) is 0 Å². The molecule has 2 aromatic heterocycles. The van der Waals surface area contributed by atoms with Gasteiger partial charge in [0.15, 0.2) is 0 Å².